The maximum absolute atomic E-state index is 12.2. The molecule has 0 unspecified atom stereocenters. The molecule has 0 aromatic heterocycles. The van der Waals surface area contributed by atoms with Crippen molar-refractivity contribution < 1.29 is 9.59 Å². The minimum absolute atomic E-state index is 0.0590. The molecule has 1 aromatic carbocycles. The van der Waals surface area contributed by atoms with Crippen molar-refractivity contribution in [3.63, 3.8) is 0 Å². The molecule has 1 fully saturated rings. The molecule has 1 heterocycles. The van der Waals surface area contributed by atoms with Gasteiger partial charge in [0.2, 0.25) is 11.8 Å². The summed E-state index contributed by atoms with van der Waals surface area (Å²) in [7, 11) is 2.04. The zero-order valence-corrected chi connectivity index (χ0v) is 12.0. The van der Waals surface area contributed by atoms with Gasteiger partial charge in [-0.15, -0.1) is 0 Å². The summed E-state index contributed by atoms with van der Waals surface area (Å²) >= 11 is 0. The first kappa shape index (κ1) is 14.5. The second-order valence-corrected chi connectivity index (χ2v) is 5.35. The molecule has 1 atom stereocenters. The minimum atomic E-state index is -0.105. The molecular formula is C15H21N3O2. The van der Waals surface area contributed by atoms with Gasteiger partial charge in [0, 0.05) is 24.8 Å². The fraction of sp³-hybridized carbons (Fsp3) is 0.467. The zero-order chi connectivity index (χ0) is 14.5. The monoisotopic (exact) mass is 275 g/mol. The number of amides is 2. The lowest BCUT2D eigenvalue weighted by molar-refractivity contribution is -0.121. The van der Waals surface area contributed by atoms with Crippen molar-refractivity contribution in [1.82, 2.24) is 4.90 Å². The molecule has 1 aliphatic heterocycles. The third-order valence-corrected chi connectivity index (χ3v) is 3.47. The SMILES string of the molecule is CC(=O)Nc1ccc(NC(=O)[C@H]2CCCN(C)C2)cc1. The van der Waals surface area contributed by atoms with Crippen LogP contribution in [0.5, 0.6) is 0 Å². The zero-order valence-electron chi connectivity index (χ0n) is 12.0. The molecule has 1 aliphatic rings. The van der Waals surface area contributed by atoms with Crippen LogP contribution in [0, 0.1) is 5.92 Å². The van der Waals surface area contributed by atoms with Gasteiger partial charge < -0.3 is 15.5 Å². The molecule has 0 aliphatic carbocycles. The maximum atomic E-state index is 12.2. The number of rotatable bonds is 3. The molecule has 0 spiro atoms. The van der Waals surface area contributed by atoms with Crippen LogP contribution in [0.4, 0.5) is 11.4 Å². The summed E-state index contributed by atoms with van der Waals surface area (Å²) in [6.45, 7) is 3.35. The summed E-state index contributed by atoms with van der Waals surface area (Å²) in [4.78, 5) is 25.3. The van der Waals surface area contributed by atoms with Crippen LogP contribution in [-0.4, -0.2) is 36.9 Å². The first-order valence-corrected chi connectivity index (χ1v) is 6.91. The van der Waals surface area contributed by atoms with Gasteiger partial charge >= 0.3 is 0 Å². The van der Waals surface area contributed by atoms with Gasteiger partial charge in [-0.25, -0.2) is 0 Å². The van der Waals surface area contributed by atoms with Gasteiger partial charge in [0.15, 0.2) is 0 Å². The second-order valence-electron chi connectivity index (χ2n) is 5.35. The largest absolute Gasteiger partial charge is 0.326 e. The molecule has 1 aromatic rings. The van der Waals surface area contributed by atoms with E-state index >= 15 is 0 Å². The van der Waals surface area contributed by atoms with E-state index in [4.69, 9.17) is 0 Å². The summed E-state index contributed by atoms with van der Waals surface area (Å²) in [5, 5.41) is 5.63. The van der Waals surface area contributed by atoms with Crippen molar-refractivity contribution in [3.8, 4) is 0 Å². The Labute approximate surface area is 119 Å². The number of piperidine rings is 1. The maximum Gasteiger partial charge on any atom is 0.228 e. The quantitative estimate of drug-likeness (QED) is 0.886. The number of nitrogens with zero attached hydrogens (tertiary/aromatic N) is 1. The van der Waals surface area contributed by atoms with Crippen molar-refractivity contribution in [2.45, 2.75) is 19.8 Å². The number of benzene rings is 1. The summed E-state index contributed by atoms with van der Waals surface area (Å²) < 4.78 is 0. The highest BCUT2D eigenvalue weighted by atomic mass is 16.2. The second kappa shape index (κ2) is 6.52. The van der Waals surface area contributed by atoms with Crippen LogP contribution in [0.25, 0.3) is 0 Å². The Morgan fingerprint density at radius 2 is 1.75 bits per heavy atom. The van der Waals surface area contributed by atoms with Crippen molar-refractivity contribution in [2.75, 3.05) is 30.8 Å². The van der Waals surface area contributed by atoms with Crippen molar-refractivity contribution in [1.29, 1.82) is 0 Å². The highest BCUT2D eigenvalue weighted by Crippen LogP contribution is 2.19. The lowest BCUT2D eigenvalue weighted by Crippen LogP contribution is -2.38. The van der Waals surface area contributed by atoms with Gasteiger partial charge in [0.1, 0.15) is 0 Å². The van der Waals surface area contributed by atoms with Gasteiger partial charge in [0.25, 0.3) is 0 Å². The Kier molecular flexibility index (Phi) is 4.74. The van der Waals surface area contributed by atoms with E-state index in [2.05, 4.69) is 15.5 Å². The summed E-state index contributed by atoms with van der Waals surface area (Å²) in [6.07, 6.45) is 2.01. The van der Waals surface area contributed by atoms with Gasteiger partial charge in [-0.05, 0) is 50.7 Å². The fourth-order valence-corrected chi connectivity index (χ4v) is 2.46. The number of anilines is 2. The Hall–Kier alpha value is -1.88. The van der Waals surface area contributed by atoms with E-state index in [0.717, 1.165) is 37.3 Å². The van der Waals surface area contributed by atoms with Crippen LogP contribution >= 0.6 is 0 Å². The molecule has 20 heavy (non-hydrogen) atoms. The van der Waals surface area contributed by atoms with Crippen LogP contribution in [0.2, 0.25) is 0 Å². The van der Waals surface area contributed by atoms with Crippen LogP contribution < -0.4 is 10.6 Å². The molecule has 2 N–H and O–H groups in total. The van der Waals surface area contributed by atoms with Crippen LogP contribution in [-0.2, 0) is 9.59 Å². The van der Waals surface area contributed by atoms with Gasteiger partial charge in [-0.3, -0.25) is 9.59 Å². The number of likely N-dealkylation sites (tertiary alicyclic amines) is 1. The number of hydrogen-bond acceptors (Lipinski definition) is 3. The Morgan fingerprint density at radius 1 is 1.15 bits per heavy atom. The van der Waals surface area contributed by atoms with Gasteiger partial charge in [-0.2, -0.15) is 0 Å². The number of carbonyl (C=O) groups excluding carboxylic acids is 2. The van der Waals surface area contributed by atoms with E-state index in [1.54, 1.807) is 24.3 Å². The lowest BCUT2D eigenvalue weighted by atomic mass is 9.97. The van der Waals surface area contributed by atoms with E-state index < -0.39 is 0 Å². The van der Waals surface area contributed by atoms with Crippen LogP contribution in [0.1, 0.15) is 19.8 Å². The third kappa shape index (κ3) is 4.06. The molecule has 0 radical (unpaired) electrons. The normalized spacial score (nSPS) is 19.4. The highest BCUT2D eigenvalue weighted by Gasteiger charge is 2.23. The Balaban J connectivity index is 1.92. The van der Waals surface area contributed by atoms with E-state index in [9.17, 15) is 9.59 Å². The van der Waals surface area contributed by atoms with E-state index in [1.807, 2.05) is 7.05 Å². The van der Waals surface area contributed by atoms with Gasteiger partial charge in [-0.1, -0.05) is 0 Å². The molecule has 1 saturated heterocycles. The molecule has 2 rings (SSSR count). The summed E-state index contributed by atoms with van der Waals surface area (Å²) in [5.41, 5.74) is 1.49. The summed E-state index contributed by atoms with van der Waals surface area (Å²) in [5.74, 6) is 0.0274. The fourth-order valence-electron chi connectivity index (χ4n) is 2.46. The average Bonchev–Trinajstić information content (AvgIpc) is 2.40. The minimum Gasteiger partial charge on any atom is -0.326 e. The van der Waals surface area contributed by atoms with Gasteiger partial charge in [0.05, 0.1) is 5.92 Å². The number of carbonyl (C=O) groups is 2. The third-order valence-electron chi connectivity index (χ3n) is 3.47. The molecule has 0 bridgehead atoms. The standard InChI is InChI=1S/C15H21N3O2/c1-11(19)16-13-5-7-14(8-6-13)17-15(20)12-4-3-9-18(2)10-12/h5-8,12H,3-4,9-10H2,1-2H3,(H,16,19)(H,17,20)/t12-/m0/s1. The van der Waals surface area contributed by atoms with Crippen LogP contribution in [0.15, 0.2) is 24.3 Å². The predicted molar refractivity (Wildman–Crippen MR) is 79.6 cm³/mol. The molecular weight excluding hydrogens is 254 g/mol. The summed E-state index contributed by atoms with van der Waals surface area (Å²) in [6, 6.07) is 7.17. The van der Waals surface area contributed by atoms with Crippen LogP contribution in [0.3, 0.4) is 0 Å². The van der Waals surface area contributed by atoms with Crippen molar-refractivity contribution in [2.24, 2.45) is 5.92 Å². The van der Waals surface area contributed by atoms with Crippen molar-refractivity contribution >= 4 is 23.2 Å². The molecule has 5 heteroatoms. The predicted octanol–water partition coefficient (Wildman–Crippen LogP) is 1.93. The molecule has 2 amide bonds. The number of nitrogens with one attached hydrogen (secondary N) is 2. The molecule has 5 nitrogen and oxygen atoms in total. The Morgan fingerprint density at radius 3 is 2.30 bits per heavy atom. The highest BCUT2D eigenvalue weighted by molar-refractivity contribution is 5.93. The molecule has 108 valence electrons. The lowest BCUT2D eigenvalue weighted by Gasteiger charge is -2.28. The Bertz CT molecular complexity index is 484. The van der Waals surface area contributed by atoms with E-state index in [1.165, 1.54) is 6.92 Å². The topological polar surface area (TPSA) is 61.4 Å². The smallest absolute Gasteiger partial charge is 0.228 e. The average molecular weight is 275 g/mol. The van der Waals surface area contributed by atoms with Crippen molar-refractivity contribution in [3.05, 3.63) is 24.3 Å². The first-order chi connectivity index (χ1) is 9.54. The van der Waals surface area contributed by atoms with E-state index in [0.29, 0.717) is 0 Å². The molecule has 0 saturated carbocycles. The van der Waals surface area contributed by atoms with E-state index in [-0.39, 0.29) is 17.7 Å². The number of hydrogen-bond donors (Lipinski definition) is 2. The first-order valence-electron chi connectivity index (χ1n) is 6.91.